The number of alkyl halides is 2. The summed E-state index contributed by atoms with van der Waals surface area (Å²) >= 11 is 11.9. The molecule has 2 N–H and O–H groups in total. The maximum Gasteiger partial charge on any atom is 0.115 e. The van der Waals surface area contributed by atoms with Crippen molar-refractivity contribution in [1.29, 1.82) is 0 Å². The van der Waals surface area contributed by atoms with E-state index in [2.05, 4.69) is 12.2 Å². The molecule has 0 spiro atoms. The van der Waals surface area contributed by atoms with Gasteiger partial charge in [0.15, 0.2) is 0 Å². The molecule has 1 rings (SSSR count). The van der Waals surface area contributed by atoms with Crippen molar-refractivity contribution in [2.75, 3.05) is 11.8 Å². The summed E-state index contributed by atoms with van der Waals surface area (Å²) in [4.78, 5) is 0. The number of hydrogen-bond donors (Lipinski definition) is 2. The molecule has 4 heteroatoms. The minimum Gasteiger partial charge on any atom is -0.508 e. The molecule has 2 nitrogen and oxygen atoms in total. The fourth-order valence-corrected chi connectivity index (χ4v) is 2.25. The summed E-state index contributed by atoms with van der Waals surface area (Å²) < 4.78 is 0. The zero-order chi connectivity index (χ0) is 12.0. The zero-order valence-electron chi connectivity index (χ0n) is 9.34. The molecule has 0 atom stereocenters. The van der Waals surface area contributed by atoms with Gasteiger partial charge >= 0.3 is 0 Å². The highest BCUT2D eigenvalue weighted by atomic mass is 35.5. The largest absolute Gasteiger partial charge is 0.508 e. The quantitative estimate of drug-likeness (QED) is 0.772. The Labute approximate surface area is 107 Å². The van der Waals surface area contributed by atoms with Gasteiger partial charge in [-0.15, -0.1) is 23.2 Å². The monoisotopic (exact) mass is 261 g/mol. The fraction of sp³-hybridized carbons (Fsp3) is 0.500. The van der Waals surface area contributed by atoms with Crippen molar-refractivity contribution in [3.05, 3.63) is 29.8 Å². The number of nitrogens with one attached hydrogen (secondary N) is 1. The van der Waals surface area contributed by atoms with Gasteiger partial charge in [-0.05, 0) is 24.1 Å². The lowest BCUT2D eigenvalue weighted by Crippen LogP contribution is -2.47. The van der Waals surface area contributed by atoms with Crippen LogP contribution in [0.2, 0.25) is 0 Å². The number of phenols is 1. The van der Waals surface area contributed by atoms with Crippen molar-refractivity contribution in [2.45, 2.75) is 25.4 Å². The lowest BCUT2D eigenvalue weighted by molar-refractivity contribution is 0.384. The number of phenolic OH excluding ortho intramolecular Hbond substituents is 1. The lowest BCUT2D eigenvalue weighted by Gasteiger charge is -2.29. The second-order valence-electron chi connectivity index (χ2n) is 3.92. The summed E-state index contributed by atoms with van der Waals surface area (Å²) in [6, 6.07) is 7.16. The molecular formula is C12H17Cl2NO. The van der Waals surface area contributed by atoms with Crippen molar-refractivity contribution >= 4 is 23.2 Å². The topological polar surface area (TPSA) is 32.3 Å². The van der Waals surface area contributed by atoms with Crippen LogP contribution in [0.3, 0.4) is 0 Å². The Hall–Kier alpha value is -0.440. The van der Waals surface area contributed by atoms with Crippen molar-refractivity contribution in [1.82, 2.24) is 5.32 Å². The van der Waals surface area contributed by atoms with Gasteiger partial charge in [-0.3, -0.25) is 0 Å². The van der Waals surface area contributed by atoms with E-state index in [0.717, 1.165) is 12.0 Å². The molecule has 0 aliphatic rings. The Morgan fingerprint density at radius 2 is 2.00 bits per heavy atom. The molecule has 0 fully saturated rings. The van der Waals surface area contributed by atoms with Crippen LogP contribution in [0.4, 0.5) is 0 Å². The first-order chi connectivity index (χ1) is 7.65. The first kappa shape index (κ1) is 13.6. The van der Waals surface area contributed by atoms with Crippen LogP contribution in [-0.4, -0.2) is 22.4 Å². The normalized spacial score (nSPS) is 11.7. The summed E-state index contributed by atoms with van der Waals surface area (Å²) in [7, 11) is 0. The minimum atomic E-state index is -0.228. The summed E-state index contributed by atoms with van der Waals surface area (Å²) in [5, 5.41) is 12.7. The number of hydrogen-bond acceptors (Lipinski definition) is 2. The predicted molar refractivity (Wildman–Crippen MR) is 69.4 cm³/mol. The maximum absolute atomic E-state index is 9.33. The summed E-state index contributed by atoms with van der Waals surface area (Å²) in [5.41, 5.74) is 0.794. The highest BCUT2D eigenvalue weighted by Crippen LogP contribution is 2.17. The summed E-state index contributed by atoms with van der Waals surface area (Å²) in [5.74, 6) is 1.23. The molecule has 16 heavy (non-hydrogen) atoms. The van der Waals surface area contributed by atoms with Gasteiger partial charge < -0.3 is 10.4 Å². The van der Waals surface area contributed by atoms with E-state index >= 15 is 0 Å². The predicted octanol–water partition coefficient (Wildman–Crippen LogP) is 3.11. The van der Waals surface area contributed by atoms with Crippen molar-refractivity contribution in [2.24, 2.45) is 0 Å². The van der Waals surface area contributed by atoms with E-state index in [9.17, 15) is 5.11 Å². The second-order valence-corrected chi connectivity index (χ2v) is 4.46. The molecule has 0 radical (unpaired) electrons. The highest BCUT2D eigenvalue weighted by Gasteiger charge is 2.25. The molecule has 0 saturated heterocycles. The Kier molecular flexibility index (Phi) is 5.39. The molecule has 0 saturated carbocycles. The van der Waals surface area contributed by atoms with Crippen LogP contribution >= 0.6 is 23.2 Å². The van der Waals surface area contributed by atoms with E-state index in [4.69, 9.17) is 23.2 Å². The number of halogens is 2. The third kappa shape index (κ3) is 3.55. The van der Waals surface area contributed by atoms with Gasteiger partial charge in [-0.25, -0.2) is 0 Å². The Bertz CT molecular complexity index is 318. The molecule has 1 aromatic carbocycles. The maximum atomic E-state index is 9.33. The number of aromatic hydroxyl groups is 1. The van der Waals surface area contributed by atoms with Gasteiger partial charge in [0, 0.05) is 23.8 Å². The second kappa shape index (κ2) is 6.33. The average Bonchev–Trinajstić information content (AvgIpc) is 2.32. The SMILES string of the molecule is CCC(CCl)(CCl)NCc1cccc(O)c1. The van der Waals surface area contributed by atoms with Crippen molar-refractivity contribution in [3.8, 4) is 5.75 Å². The highest BCUT2D eigenvalue weighted by molar-refractivity contribution is 6.22. The van der Waals surface area contributed by atoms with Crippen LogP contribution in [-0.2, 0) is 6.54 Å². The average molecular weight is 262 g/mol. The Balaban J connectivity index is 2.62. The molecule has 0 bridgehead atoms. The van der Waals surface area contributed by atoms with Gasteiger partial charge in [0.1, 0.15) is 5.75 Å². The molecule has 90 valence electrons. The van der Waals surface area contributed by atoms with Gasteiger partial charge in [-0.1, -0.05) is 19.1 Å². The van der Waals surface area contributed by atoms with Gasteiger partial charge in [0.25, 0.3) is 0 Å². The smallest absolute Gasteiger partial charge is 0.115 e. The molecule has 0 heterocycles. The Morgan fingerprint density at radius 3 is 2.50 bits per heavy atom. The third-order valence-electron chi connectivity index (χ3n) is 2.77. The van der Waals surface area contributed by atoms with Crippen LogP contribution in [0.5, 0.6) is 5.75 Å². The van der Waals surface area contributed by atoms with Gasteiger partial charge in [0.05, 0.1) is 0 Å². The van der Waals surface area contributed by atoms with E-state index in [1.54, 1.807) is 12.1 Å². The van der Waals surface area contributed by atoms with Crippen molar-refractivity contribution < 1.29 is 5.11 Å². The summed E-state index contributed by atoms with van der Waals surface area (Å²) in [6.07, 6.45) is 0.874. The van der Waals surface area contributed by atoms with Crippen LogP contribution in [0.1, 0.15) is 18.9 Å². The molecule has 0 amide bonds. The molecule has 0 unspecified atom stereocenters. The van der Waals surface area contributed by atoms with E-state index in [-0.39, 0.29) is 11.3 Å². The first-order valence-corrected chi connectivity index (χ1v) is 6.37. The standard InChI is InChI=1S/C12H17Cl2NO/c1-2-12(8-13,9-14)15-7-10-4-3-5-11(16)6-10/h3-6,15-16H,2,7-9H2,1H3. The minimum absolute atomic E-state index is 0.228. The molecule has 0 aliphatic heterocycles. The first-order valence-electron chi connectivity index (χ1n) is 5.30. The van der Waals surface area contributed by atoms with Crippen molar-refractivity contribution in [3.63, 3.8) is 0 Å². The van der Waals surface area contributed by atoms with Crippen LogP contribution in [0.25, 0.3) is 0 Å². The molecular weight excluding hydrogens is 245 g/mol. The molecule has 0 aliphatic carbocycles. The van der Waals surface area contributed by atoms with E-state index in [1.165, 1.54) is 0 Å². The van der Waals surface area contributed by atoms with E-state index < -0.39 is 0 Å². The zero-order valence-corrected chi connectivity index (χ0v) is 10.9. The van der Waals surface area contributed by atoms with Crippen LogP contribution in [0, 0.1) is 0 Å². The van der Waals surface area contributed by atoms with Crippen LogP contribution in [0.15, 0.2) is 24.3 Å². The number of benzene rings is 1. The number of rotatable bonds is 6. The fourth-order valence-electron chi connectivity index (χ4n) is 1.40. The molecule has 0 aromatic heterocycles. The van der Waals surface area contributed by atoms with Gasteiger partial charge in [-0.2, -0.15) is 0 Å². The Morgan fingerprint density at radius 1 is 1.31 bits per heavy atom. The summed E-state index contributed by atoms with van der Waals surface area (Å²) in [6.45, 7) is 2.71. The van der Waals surface area contributed by atoms with Gasteiger partial charge in [0.2, 0.25) is 0 Å². The van der Waals surface area contributed by atoms with E-state index in [1.807, 2.05) is 12.1 Å². The molecule has 1 aromatic rings. The van der Waals surface area contributed by atoms with E-state index in [0.29, 0.717) is 18.3 Å². The lowest BCUT2D eigenvalue weighted by atomic mass is 10.0. The third-order valence-corrected chi connectivity index (χ3v) is 3.79. The van der Waals surface area contributed by atoms with Crippen LogP contribution < -0.4 is 5.32 Å².